The second-order valence-electron chi connectivity index (χ2n) is 5.27. The Morgan fingerprint density at radius 2 is 2.25 bits per heavy atom. The van der Waals surface area contributed by atoms with Gasteiger partial charge in [-0.25, -0.2) is 14.5 Å². The lowest BCUT2D eigenvalue weighted by molar-refractivity contribution is 0.0466. The zero-order chi connectivity index (χ0) is 17.1. The maximum Gasteiger partial charge on any atom is 0.342 e. The van der Waals surface area contributed by atoms with Crippen molar-refractivity contribution in [3.8, 4) is 5.82 Å². The molecule has 0 aliphatic rings. The van der Waals surface area contributed by atoms with Crippen LogP contribution in [0, 0.1) is 0 Å². The Labute approximate surface area is 147 Å². The summed E-state index contributed by atoms with van der Waals surface area (Å²) in [6, 6.07) is 5.51. The van der Waals surface area contributed by atoms with Gasteiger partial charge in [0.05, 0.1) is 11.9 Å². The number of ether oxygens (including phenoxy) is 1. The molecule has 0 radical (unpaired) electrons. The molecule has 0 aliphatic carbocycles. The lowest BCUT2D eigenvalue weighted by atomic mass is 10.1. The van der Waals surface area contributed by atoms with E-state index in [1.54, 1.807) is 10.9 Å². The molecule has 124 valence electrons. The van der Waals surface area contributed by atoms with E-state index in [9.17, 15) is 4.79 Å². The quantitative estimate of drug-likeness (QED) is 0.647. The van der Waals surface area contributed by atoms with Crippen LogP contribution in [0.1, 0.15) is 41.5 Å². The zero-order valence-corrected chi connectivity index (χ0v) is 14.6. The van der Waals surface area contributed by atoms with Crippen molar-refractivity contribution in [3.63, 3.8) is 0 Å². The van der Waals surface area contributed by atoms with Crippen LogP contribution in [0.3, 0.4) is 0 Å². The van der Waals surface area contributed by atoms with Gasteiger partial charge in [0.1, 0.15) is 22.2 Å². The first-order valence-electron chi connectivity index (χ1n) is 7.21. The van der Waals surface area contributed by atoms with Crippen molar-refractivity contribution in [2.75, 3.05) is 0 Å². The molecule has 0 bridgehead atoms. The van der Waals surface area contributed by atoms with E-state index in [0.717, 1.165) is 17.2 Å². The highest BCUT2D eigenvalue weighted by molar-refractivity contribution is 7.10. The smallest absolute Gasteiger partial charge is 0.342 e. The van der Waals surface area contributed by atoms with E-state index < -0.39 is 5.97 Å². The van der Waals surface area contributed by atoms with Gasteiger partial charge in [-0.1, -0.05) is 36.0 Å². The van der Waals surface area contributed by atoms with Crippen LogP contribution in [-0.4, -0.2) is 30.3 Å². The topological polar surface area (TPSA) is 82.8 Å². The fraction of sp³-hybridized carbons (Fsp3) is 0.267. The second-order valence-corrected chi connectivity index (χ2v) is 6.62. The van der Waals surface area contributed by atoms with Crippen LogP contribution < -0.4 is 0 Å². The fourth-order valence-corrected chi connectivity index (χ4v) is 2.83. The van der Waals surface area contributed by atoms with Gasteiger partial charge in [0.15, 0.2) is 5.82 Å². The van der Waals surface area contributed by atoms with Crippen molar-refractivity contribution >= 4 is 29.1 Å². The molecule has 0 saturated carbocycles. The molecule has 0 atom stereocenters. The Kier molecular flexibility index (Phi) is 4.86. The van der Waals surface area contributed by atoms with Gasteiger partial charge in [-0.3, -0.25) is 0 Å². The Morgan fingerprint density at radius 3 is 2.88 bits per heavy atom. The number of rotatable bonds is 5. The van der Waals surface area contributed by atoms with Gasteiger partial charge < -0.3 is 4.74 Å². The van der Waals surface area contributed by atoms with Crippen molar-refractivity contribution in [2.45, 2.75) is 26.4 Å². The SMILES string of the molecule is CC(C)c1c(C(=O)OCc2nnsc2Cl)cnn1-c1ccccn1. The average Bonchev–Trinajstić information content (AvgIpc) is 3.20. The maximum atomic E-state index is 12.4. The molecule has 0 fully saturated rings. The summed E-state index contributed by atoms with van der Waals surface area (Å²) in [7, 11) is 0. The third-order valence-corrected chi connectivity index (χ3v) is 4.27. The Morgan fingerprint density at radius 1 is 1.42 bits per heavy atom. The van der Waals surface area contributed by atoms with Crippen LogP contribution in [0.2, 0.25) is 4.34 Å². The molecular formula is C15H14ClN5O2S. The average molecular weight is 364 g/mol. The number of esters is 1. The number of hydrogen-bond donors (Lipinski definition) is 0. The molecule has 3 heterocycles. The van der Waals surface area contributed by atoms with Gasteiger partial charge in [-0.15, -0.1) is 5.10 Å². The van der Waals surface area contributed by atoms with Crippen LogP contribution in [-0.2, 0) is 11.3 Å². The molecule has 0 aromatic carbocycles. The normalized spacial score (nSPS) is 11.0. The summed E-state index contributed by atoms with van der Waals surface area (Å²) in [6.45, 7) is 3.93. The van der Waals surface area contributed by atoms with E-state index in [4.69, 9.17) is 16.3 Å². The number of carbonyl (C=O) groups is 1. The summed E-state index contributed by atoms with van der Waals surface area (Å²) >= 11 is 6.96. The summed E-state index contributed by atoms with van der Waals surface area (Å²) < 4.78 is 11.1. The van der Waals surface area contributed by atoms with E-state index in [-0.39, 0.29) is 12.5 Å². The number of nitrogens with zero attached hydrogens (tertiary/aromatic N) is 5. The van der Waals surface area contributed by atoms with Crippen LogP contribution in [0.25, 0.3) is 5.82 Å². The Bertz CT molecular complexity index is 847. The highest BCUT2D eigenvalue weighted by atomic mass is 35.5. The molecule has 0 spiro atoms. The molecule has 0 unspecified atom stereocenters. The molecule has 7 nitrogen and oxygen atoms in total. The molecule has 0 saturated heterocycles. The minimum absolute atomic E-state index is 0.0273. The highest BCUT2D eigenvalue weighted by Crippen LogP contribution is 2.24. The van der Waals surface area contributed by atoms with E-state index >= 15 is 0 Å². The van der Waals surface area contributed by atoms with Gasteiger partial charge in [-0.2, -0.15) is 5.10 Å². The van der Waals surface area contributed by atoms with E-state index in [1.165, 1.54) is 6.20 Å². The van der Waals surface area contributed by atoms with Crippen molar-refractivity contribution < 1.29 is 9.53 Å². The predicted octanol–water partition coefficient (Wildman–Crippen LogP) is 3.25. The summed E-state index contributed by atoms with van der Waals surface area (Å²) in [6.07, 6.45) is 3.17. The second kappa shape index (κ2) is 7.06. The van der Waals surface area contributed by atoms with E-state index in [2.05, 4.69) is 19.7 Å². The van der Waals surface area contributed by atoms with Gasteiger partial charge in [0.25, 0.3) is 0 Å². The summed E-state index contributed by atoms with van der Waals surface area (Å²) in [5.74, 6) is 0.221. The van der Waals surface area contributed by atoms with E-state index in [0.29, 0.717) is 21.4 Å². The maximum absolute atomic E-state index is 12.4. The summed E-state index contributed by atoms with van der Waals surface area (Å²) in [4.78, 5) is 16.7. The van der Waals surface area contributed by atoms with Gasteiger partial charge in [0.2, 0.25) is 0 Å². The molecule has 3 aromatic rings. The number of carbonyl (C=O) groups excluding carboxylic acids is 1. The molecular weight excluding hydrogens is 350 g/mol. The van der Waals surface area contributed by atoms with Crippen LogP contribution in [0.4, 0.5) is 0 Å². The van der Waals surface area contributed by atoms with Crippen LogP contribution >= 0.6 is 23.1 Å². The number of aromatic nitrogens is 5. The van der Waals surface area contributed by atoms with Crippen LogP contribution in [0.5, 0.6) is 0 Å². The van der Waals surface area contributed by atoms with Gasteiger partial charge >= 0.3 is 5.97 Å². The number of halogens is 1. The summed E-state index contributed by atoms with van der Waals surface area (Å²) in [5, 5.41) is 8.11. The lowest BCUT2D eigenvalue weighted by Gasteiger charge is -2.11. The van der Waals surface area contributed by atoms with Crippen LogP contribution in [0.15, 0.2) is 30.6 Å². The van der Waals surface area contributed by atoms with Crippen molar-refractivity contribution in [2.24, 2.45) is 0 Å². The number of pyridine rings is 1. The predicted molar refractivity (Wildman–Crippen MR) is 89.5 cm³/mol. The minimum atomic E-state index is -0.482. The first-order valence-corrected chi connectivity index (χ1v) is 8.36. The standard InChI is InChI=1S/C15H14ClN5O2S/c1-9(2)13-10(7-18-21(13)12-5-3-4-6-17-12)15(22)23-8-11-14(16)24-20-19-11/h3-7,9H,8H2,1-2H3. The Balaban J connectivity index is 1.86. The van der Waals surface area contributed by atoms with Crippen molar-refractivity contribution in [1.29, 1.82) is 0 Å². The monoisotopic (exact) mass is 363 g/mol. The van der Waals surface area contributed by atoms with Crippen molar-refractivity contribution in [1.82, 2.24) is 24.4 Å². The molecule has 24 heavy (non-hydrogen) atoms. The molecule has 3 aromatic heterocycles. The minimum Gasteiger partial charge on any atom is -0.455 e. The first kappa shape index (κ1) is 16.5. The molecule has 0 N–H and O–H groups in total. The summed E-state index contributed by atoms with van der Waals surface area (Å²) in [5.41, 5.74) is 1.58. The van der Waals surface area contributed by atoms with E-state index in [1.807, 2.05) is 32.0 Å². The Hall–Kier alpha value is -2.32. The highest BCUT2D eigenvalue weighted by Gasteiger charge is 2.23. The molecule has 3 rings (SSSR count). The molecule has 9 heteroatoms. The lowest BCUT2D eigenvalue weighted by Crippen LogP contribution is -2.12. The van der Waals surface area contributed by atoms with Gasteiger partial charge in [0, 0.05) is 17.7 Å². The van der Waals surface area contributed by atoms with Crippen molar-refractivity contribution in [3.05, 3.63) is 51.9 Å². The molecule has 0 aliphatic heterocycles. The zero-order valence-electron chi connectivity index (χ0n) is 13.0. The largest absolute Gasteiger partial charge is 0.455 e. The first-order chi connectivity index (χ1) is 11.6. The fourth-order valence-electron chi connectivity index (χ4n) is 2.23. The number of hydrogen-bond acceptors (Lipinski definition) is 7. The third-order valence-electron chi connectivity index (χ3n) is 3.29. The molecule has 0 amide bonds. The third kappa shape index (κ3) is 3.29. The van der Waals surface area contributed by atoms with Gasteiger partial charge in [-0.05, 0) is 18.1 Å².